The SMILES string of the molecule is CCC(C(N)=O)c1ccccc1S(N)(=O)=O. The largest absolute Gasteiger partial charge is 0.369 e. The van der Waals surface area contributed by atoms with Crippen molar-refractivity contribution in [2.45, 2.75) is 24.2 Å². The Morgan fingerprint density at radius 3 is 2.38 bits per heavy atom. The number of amides is 1. The maximum absolute atomic E-state index is 11.3. The quantitative estimate of drug-likeness (QED) is 0.794. The molecule has 6 heteroatoms. The first kappa shape index (κ1) is 12.7. The smallest absolute Gasteiger partial charge is 0.238 e. The Balaban J connectivity index is 3.39. The van der Waals surface area contributed by atoms with Crippen molar-refractivity contribution in [2.24, 2.45) is 10.9 Å². The molecule has 0 aliphatic rings. The molecule has 16 heavy (non-hydrogen) atoms. The molecule has 0 bridgehead atoms. The number of sulfonamides is 1. The Morgan fingerprint density at radius 1 is 1.38 bits per heavy atom. The van der Waals surface area contributed by atoms with Gasteiger partial charge in [0.05, 0.1) is 10.8 Å². The highest BCUT2D eigenvalue weighted by atomic mass is 32.2. The average Bonchev–Trinajstić information content (AvgIpc) is 2.17. The Kier molecular flexibility index (Phi) is 3.66. The van der Waals surface area contributed by atoms with Crippen molar-refractivity contribution in [1.82, 2.24) is 0 Å². The zero-order chi connectivity index (χ0) is 12.3. The van der Waals surface area contributed by atoms with Crippen molar-refractivity contribution < 1.29 is 13.2 Å². The number of hydrogen-bond acceptors (Lipinski definition) is 3. The lowest BCUT2D eigenvalue weighted by atomic mass is 9.96. The third-order valence-corrected chi connectivity index (χ3v) is 3.34. The number of nitrogens with two attached hydrogens (primary N) is 2. The van der Waals surface area contributed by atoms with Gasteiger partial charge in [-0.2, -0.15) is 0 Å². The highest BCUT2D eigenvalue weighted by Gasteiger charge is 2.23. The van der Waals surface area contributed by atoms with E-state index < -0.39 is 21.8 Å². The molecular weight excluding hydrogens is 228 g/mol. The zero-order valence-electron chi connectivity index (χ0n) is 8.88. The summed E-state index contributed by atoms with van der Waals surface area (Å²) in [5.74, 6) is -1.19. The Morgan fingerprint density at radius 2 is 1.94 bits per heavy atom. The van der Waals surface area contributed by atoms with Crippen LogP contribution >= 0.6 is 0 Å². The molecule has 1 unspecified atom stereocenters. The van der Waals surface area contributed by atoms with Crippen molar-refractivity contribution in [1.29, 1.82) is 0 Å². The van der Waals surface area contributed by atoms with E-state index in [4.69, 9.17) is 10.9 Å². The normalized spacial score (nSPS) is 13.4. The van der Waals surface area contributed by atoms with Crippen LogP contribution in [-0.4, -0.2) is 14.3 Å². The Hall–Kier alpha value is -1.40. The van der Waals surface area contributed by atoms with Crippen molar-refractivity contribution in [2.75, 3.05) is 0 Å². The van der Waals surface area contributed by atoms with Gasteiger partial charge in [-0.05, 0) is 18.1 Å². The number of primary sulfonamides is 1. The molecule has 0 aromatic heterocycles. The van der Waals surface area contributed by atoms with Crippen LogP contribution in [0.1, 0.15) is 24.8 Å². The van der Waals surface area contributed by atoms with E-state index in [-0.39, 0.29) is 4.90 Å². The van der Waals surface area contributed by atoms with Crippen molar-refractivity contribution in [3.8, 4) is 0 Å². The average molecular weight is 242 g/mol. The van der Waals surface area contributed by atoms with E-state index >= 15 is 0 Å². The first-order chi connectivity index (χ1) is 7.38. The second-order valence-electron chi connectivity index (χ2n) is 3.45. The molecule has 1 aromatic rings. The van der Waals surface area contributed by atoms with Crippen molar-refractivity contribution >= 4 is 15.9 Å². The molecule has 5 nitrogen and oxygen atoms in total. The summed E-state index contributed by atoms with van der Waals surface area (Å²) in [5, 5.41) is 5.07. The van der Waals surface area contributed by atoms with Gasteiger partial charge in [0, 0.05) is 0 Å². The van der Waals surface area contributed by atoms with Gasteiger partial charge in [-0.3, -0.25) is 4.79 Å². The van der Waals surface area contributed by atoms with Crippen LogP contribution in [0.2, 0.25) is 0 Å². The molecule has 4 N–H and O–H groups in total. The molecule has 0 saturated heterocycles. The molecule has 1 rings (SSSR count). The van der Waals surface area contributed by atoms with E-state index in [1.165, 1.54) is 6.07 Å². The number of primary amides is 1. The first-order valence-electron chi connectivity index (χ1n) is 4.79. The van der Waals surface area contributed by atoms with Gasteiger partial charge >= 0.3 is 0 Å². The number of hydrogen-bond donors (Lipinski definition) is 2. The lowest BCUT2D eigenvalue weighted by Gasteiger charge is -2.14. The molecular formula is C10H14N2O3S. The lowest BCUT2D eigenvalue weighted by Crippen LogP contribution is -2.24. The molecule has 0 spiro atoms. The van der Waals surface area contributed by atoms with Crippen LogP contribution in [-0.2, 0) is 14.8 Å². The lowest BCUT2D eigenvalue weighted by molar-refractivity contribution is -0.119. The molecule has 88 valence electrons. The molecule has 1 aromatic carbocycles. The van der Waals surface area contributed by atoms with E-state index in [1.807, 2.05) is 0 Å². The topological polar surface area (TPSA) is 103 Å². The Bertz CT molecular complexity index is 497. The summed E-state index contributed by atoms with van der Waals surface area (Å²) in [5.41, 5.74) is 5.58. The van der Waals surface area contributed by atoms with E-state index in [9.17, 15) is 13.2 Å². The van der Waals surface area contributed by atoms with Crippen LogP contribution < -0.4 is 10.9 Å². The number of carbonyl (C=O) groups is 1. The summed E-state index contributed by atoms with van der Waals surface area (Å²) in [6, 6.07) is 6.13. The maximum Gasteiger partial charge on any atom is 0.238 e. The number of carbonyl (C=O) groups excluding carboxylic acids is 1. The minimum absolute atomic E-state index is 0.0411. The van der Waals surface area contributed by atoms with Crippen LogP contribution in [0.4, 0.5) is 0 Å². The Labute approximate surface area is 94.5 Å². The van der Waals surface area contributed by atoms with Gasteiger partial charge in [-0.15, -0.1) is 0 Å². The van der Waals surface area contributed by atoms with Gasteiger partial charge in [-0.25, -0.2) is 13.6 Å². The van der Waals surface area contributed by atoms with E-state index in [0.29, 0.717) is 12.0 Å². The summed E-state index contributed by atoms with van der Waals surface area (Å²) < 4.78 is 22.6. The van der Waals surface area contributed by atoms with E-state index in [0.717, 1.165) is 0 Å². The van der Waals surface area contributed by atoms with Gasteiger partial charge in [0.25, 0.3) is 0 Å². The fraction of sp³-hybridized carbons (Fsp3) is 0.300. The number of benzene rings is 1. The number of rotatable bonds is 4. The summed E-state index contributed by atoms with van der Waals surface area (Å²) in [7, 11) is -3.83. The molecule has 0 aliphatic carbocycles. The highest BCUT2D eigenvalue weighted by Crippen LogP contribution is 2.25. The third kappa shape index (κ3) is 2.59. The third-order valence-electron chi connectivity index (χ3n) is 2.35. The van der Waals surface area contributed by atoms with E-state index in [2.05, 4.69) is 0 Å². The second-order valence-corrected chi connectivity index (χ2v) is 4.98. The monoisotopic (exact) mass is 242 g/mol. The standard InChI is InChI=1S/C10H14N2O3S/c1-2-7(10(11)13)8-5-3-4-6-9(8)16(12,14)15/h3-7H,2H2,1H3,(H2,11,13)(H2,12,14,15). The van der Waals surface area contributed by atoms with Gasteiger partial charge in [-0.1, -0.05) is 25.1 Å². The predicted molar refractivity (Wildman–Crippen MR) is 60.0 cm³/mol. The second kappa shape index (κ2) is 4.63. The molecule has 0 heterocycles. The summed E-state index contributed by atoms with van der Waals surface area (Å²) in [4.78, 5) is 11.2. The zero-order valence-corrected chi connectivity index (χ0v) is 9.70. The molecule has 0 aliphatic heterocycles. The maximum atomic E-state index is 11.3. The summed E-state index contributed by atoms with van der Waals surface area (Å²) in [6.07, 6.45) is 0.432. The van der Waals surface area contributed by atoms with E-state index in [1.54, 1.807) is 25.1 Å². The minimum Gasteiger partial charge on any atom is -0.369 e. The van der Waals surface area contributed by atoms with Gasteiger partial charge in [0.1, 0.15) is 0 Å². The van der Waals surface area contributed by atoms with Gasteiger partial charge < -0.3 is 5.73 Å². The van der Waals surface area contributed by atoms with Crippen LogP contribution in [0.5, 0.6) is 0 Å². The minimum atomic E-state index is -3.83. The summed E-state index contributed by atoms with van der Waals surface area (Å²) in [6.45, 7) is 1.76. The molecule has 1 atom stereocenters. The first-order valence-corrected chi connectivity index (χ1v) is 6.33. The van der Waals surface area contributed by atoms with Crippen LogP contribution in [0.15, 0.2) is 29.2 Å². The van der Waals surface area contributed by atoms with Crippen LogP contribution in [0.25, 0.3) is 0 Å². The fourth-order valence-corrected chi connectivity index (χ4v) is 2.41. The highest BCUT2D eigenvalue weighted by molar-refractivity contribution is 7.89. The van der Waals surface area contributed by atoms with Crippen molar-refractivity contribution in [3.05, 3.63) is 29.8 Å². The van der Waals surface area contributed by atoms with Crippen LogP contribution in [0, 0.1) is 0 Å². The molecule has 1 amide bonds. The van der Waals surface area contributed by atoms with Gasteiger partial charge in [0.2, 0.25) is 15.9 Å². The fourth-order valence-electron chi connectivity index (χ4n) is 1.60. The predicted octanol–water partition coefficient (Wildman–Crippen LogP) is 0.313. The van der Waals surface area contributed by atoms with Crippen molar-refractivity contribution in [3.63, 3.8) is 0 Å². The molecule has 0 saturated carbocycles. The van der Waals surface area contributed by atoms with Crippen LogP contribution in [0.3, 0.4) is 0 Å². The molecule has 0 radical (unpaired) electrons. The molecule has 0 fully saturated rings. The summed E-state index contributed by atoms with van der Waals surface area (Å²) >= 11 is 0. The van der Waals surface area contributed by atoms with Gasteiger partial charge in [0.15, 0.2) is 0 Å².